The van der Waals surface area contributed by atoms with Gasteiger partial charge in [-0.1, -0.05) is 13.8 Å². The number of anilines is 1. The van der Waals surface area contributed by atoms with Crippen LogP contribution in [0.5, 0.6) is 11.5 Å². The number of ether oxygens (including phenoxy) is 2. The highest BCUT2D eigenvalue weighted by Crippen LogP contribution is 2.32. The van der Waals surface area contributed by atoms with Crippen LogP contribution < -0.4 is 20.5 Å². The maximum absolute atomic E-state index is 13.8. The molecule has 0 aliphatic rings. The molecule has 0 heterocycles. The van der Waals surface area contributed by atoms with Gasteiger partial charge in [-0.05, 0) is 5.92 Å². The molecule has 1 aromatic carbocycles. The molecule has 0 spiro atoms. The first kappa shape index (κ1) is 15.2. The zero-order valence-corrected chi connectivity index (χ0v) is 11.5. The first-order chi connectivity index (χ1) is 8.90. The molecule has 0 radical (unpaired) electrons. The Labute approximate surface area is 111 Å². The number of methoxy groups -OCH3 is 2. The molecule has 0 saturated heterocycles. The molecule has 1 atom stereocenters. The first-order valence-corrected chi connectivity index (χ1v) is 5.88. The molecule has 6 heteroatoms. The summed E-state index contributed by atoms with van der Waals surface area (Å²) in [7, 11) is 2.84. The molecular weight excluding hydrogens is 251 g/mol. The van der Waals surface area contributed by atoms with Crippen LogP contribution in [-0.4, -0.2) is 26.2 Å². The Morgan fingerprint density at radius 2 is 1.79 bits per heavy atom. The lowest BCUT2D eigenvalue weighted by Gasteiger charge is -2.16. The summed E-state index contributed by atoms with van der Waals surface area (Å²) in [6.07, 6.45) is 0. The monoisotopic (exact) mass is 270 g/mol. The predicted octanol–water partition coefficient (Wildman–Crippen LogP) is 1.76. The van der Waals surface area contributed by atoms with E-state index in [4.69, 9.17) is 15.2 Å². The molecule has 3 N–H and O–H groups in total. The minimum absolute atomic E-state index is 0.0127. The third-order valence-corrected chi connectivity index (χ3v) is 2.75. The van der Waals surface area contributed by atoms with E-state index in [-0.39, 0.29) is 17.4 Å². The van der Waals surface area contributed by atoms with Crippen molar-refractivity contribution in [3.05, 3.63) is 17.9 Å². The summed E-state index contributed by atoms with van der Waals surface area (Å²) in [5, 5.41) is 2.44. The number of carbonyl (C=O) groups is 1. The van der Waals surface area contributed by atoms with Gasteiger partial charge in [0.2, 0.25) is 5.91 Å². The van der Waals surface area contributed by atoms with Gasteiger partial charge in [0, 0.05) is 12.1 Å². The van der Waals surface area contributed by atoms with Gasteiger partial charge < -0.3 is 20.5 Å². The summed E-state index contributed by atoms with van der Waals surface area (Å²) >= 11 is 0. The van der Waals surface area contributed by atoms with Crippen LogP contribution in [0.3, 0.4) is 0 Å². The highest BCUT2D eigenvalue weighted by molar-refractivity contribution is 5.95. The van der Waals surface area contributed by atoms with Gasteiger partial charge in [-0.2, -0.15) is 0 Å². The Hall–Kier alpha value is -1.82. The standard InChI is InChI=1S/C13H19FN2O3/c1-7(2)12(15)13(17)16-9-6-11(19-4)10(18-3)5-8(9)14/h5-7,12H,15H2,1-4H3,(H,16,17)/t12-/m0/s1. The lowest BCUT2D eigenvalue weighted by molar-refractivity contribution is -0.118. The van der Waals surface area contributed by atoms with Gasteiger partial charge in [-0.15, -0.1) is 0 Å². The molecular formula is C13H19FN2O3. The van der Waals surface area contributed by atoms with Crippen LogP contribution in [0.1, 0.15) is 13.8 Å². The van der Waals surface area contributed by atoms with Crippen LogP contribution in [0.15, 0.2) is 12.1 Å². The third kappa shape index (κ3) is 3.57. The van der Waals surface area contributed by atoms with Crippen molar-refractivity contribution in [2.75, 3.05) is 19.5 Å². The van der Waals surface area contributed by atoms with Crippen molar-refractivity contribution >= 4 is 11.6 Å². The van der Waals surface area contributed by atoms with Gasteiger partial charge in [0.15, 0.2) is 17.3 Å². The van der Waals surface area contributed by atoms with Crippen LogP contribution >= 0.6 is 0 Å². The maximum atomic E-state index is 13.8. The predicted molar refractivity (Wildman–Crippen MR) is 70.9 cm³/mol. The molecule has 0 bridgehead atoms. The average molecular weight is 270 g/mol. The van der Waals surface area contributed by atoms with Crippen molar-refractivity contribution in [2.45, 2.75) is 19.9 Å². The Bertz CT molecular complexity index is 463. The molecule has 1 amide bonds. The third-order valence-electron chi connectivity index (χ3n) is 2.75. The van der Waals surface area contributed by atoms with Crippen molar-refractivity contribution in [3.8, 4) is 11.5 Å². The van der Waals surface area contributed by atoms with Crippen molar-refractivity contribution < 1.29 is 18.7 Å². The van der Waals surface area contributed by atoms with E-state index in [0.717, 1.165) is 6.07 Å². The first-order valence-electron chi connectivity index (χ1n) is 5.88. The summed E-state index contributed by atoms with van der Waals surface area (Å²) in [4.78, 5) is 11.8. The number of rotatable bonds is 5. The number of carbonyl (C=O) groups excluding carboxylic acids is 1. The van der Waals surface area contributed by atoms with Gasteiger partial charge in [0.25, 0.3) is 0 Å². The number of hydrogen-bond donors (Lipinski definition) is 2. The molecule has 0 aliphatic heterocycles. The highest BCUT2D eigenvalue weighted by atomic mass is 19.1. The summed E-state index contributed by atoms with van der Waals surface area (Å²) in [5.74, 6) is -0.505. The largest absolute Gasteiger partial charge is 0.493 e. The normalized spacial score (nSPS) is 12.2. The fourth-order valence-electron chi connectivity index (χ4n) is 1.47. The molecule has 5 nitrogen and oxygen atoms in total. The number of nitrogens with one attached hydrogen (secondary N) is 1. The van der Waals surface area contributed by atoms with E-state index in [9.17, 15) is 9.18 Å². The lowest BCUT2D eigenvalue weighted by atomic mass is 10.0. The smallest absolute Gasteiger partial charge is 0.241 e. The summed E-state index contributed by atoms with van der Waals surface area (Å²) in [6.45, 7) is 3.63. The number of hydrogen-bond acceptors (Lipinski definition) is 4. The Kier molecular flexibility index (Phi) is 5.11. The zero-order chi connectivity index (χ0) is 14.6. The fraction of sp³-hybridized carbons (Fsp3) is 0.462. The fourth-order valence-corrected chi connectivity index (χ4v) is 1.47. The minimum Gasteiger partial charge on any atom is -0.493 e. The molecule has 0 aliphatic carbocycles. The molecule has 0 saturated carbocycles. The van der Waals surface area contributed by atoms with Crippen LogP contribution in [-0.2, 0) is 4.79 Å². The number of halogens is 1. The van der Waals surface area contributed by atoms with Crippen LogP contribution in [0, 0.1) is 11.7 Å². The van der Waals surface area contributed by atoms with Crippen LogP contribution in [0.25, 0.3) is 0 Å². The molecule has 0 unspecified atom stereocenters. The van der Waals surface area contributed by atoms with E-state index in [1.54, 1.807) is 0 Å². The van der Waals surface area contributed by atoms with E-state index < -0.39 is 17.8 Å². The van der Waals surface area contributed by atoms with E-state index in [1.807, 2.05) is 13.8 Å². The van der Waals surface area contributed by atoms with Crippen molar-refractivity contribution in [2.24, 2.45) is 11.7 Å². The van der Waals surface area contributed by atoms with Gasteiger partial charge in [-0.3, -0.25) is 4.79 Å². The second-order valence-electron chi connectivity index (χ2n) is 4.45. The molecule has 1 aromatic rings. The number of nitrogens with two attached hydrogens (primary N) is 1. The Balaban J connectivity index is 2.99. The second-order valence-corrected chi connectivity index (χ2v) is 4.45. The molecule has 19 heavy (non-hydrogen) atoms. The Morgan fingerprint density at radius 1 is 1.26 bits per heavy atom. The van der Waals surface area contributed by atoms with Crippen molar-refractivity contribution in [1.82, 2.24) is 0 Å². The Morgan fingerprint density at radius 3 is 2.26 bits per heavy atom. The van der Waals surface area contributed by atoms with E-state index in [0.29, 0.717) is 5.75 Å². The summed E-state index contributed by atoms with van der Waals surface area (Å²) < 4.78 is 23.8. The van der Waals surface area contributed by atoms with Crippen molar-refractivity contribution in [3.63, 3.8) is 0 Å². The van der Waals surface area contributed by atoms with E-state index >= 15 is 0 Å². The van der Waals surface area contributed by atoms with Gasteiger partial charge in [-0.25, -0.2) is 4.39 Å². The second kappa shape index (κ2) is 6.38. The topological polar surface area (TPSA) is 73.6 Å². The number of benzene rings is 1. The highest BCUT2D eigenvalue weighted by Gasteiger charge is 2.19. The van der Waals surface area contributed by atoms with E-state index in [2.05, 4.69) is 5.32 Å². The number of amides is 1. The summed E-state index contributed by atoms with van der Waals surface area (Å²) in [6, 6.07) is 1.81. The van der Waals surface area contributed by atoms with Crippen LogP contribution in [0.4, 0.5) is 10.1 Å². The zero-order valence-electron chi connectivity index (χ0n) is 11.5. The average Bonchev–Trinajstić information content (AvgIpc) is 2.39. The lowest BCUT2D eigenvalue weighted by Crippen LogP contribution is -2.39. The van der Waals surface area contributed by atoms with Crippen LogP contribution in [0.2, 0.25) is 0 Å². The minimum atomic E-state index is -0.701. The van der Waals surface area contributed by atoms with Gasteiger partial charge in [0.05, 0.1) is 25.9 Å². The molecule has 0 fully saturated rings. The molecule has 0 aromatic heterocycles. The molecule has 106 valence electrons. The summed E-state index contributed by atoms with van der Waals surface area (Å²) in [5.41, 5.74) is 5.71. The molecule has 1 rings (SSSR count). The van der Waals surface area contributed by atoms with Gasteiger partial charge in [0.1, 0.15) is 0 Å². The maximum Gasteiger partial charge on any atom is 0.241 e. The van der Waals surface area contributed by atoms with Gasteiger partial charge >= 0.3 is 0 Å². The van der Waals surface area contributed by atoms with E-state index in [1.165, 1.54) is 20.3 Å². The van der Waals surface area contributed by atoms with Crippen molar-refractivity contribution in [1.29, 1.82) is 0 Å². The quantitative estimate of drug-likeness (QED) is 0.855. The SMILES string of the molecule is COc1cc(F)c(NC(=O)[C@@H](N)C(C)C)cc1OC.